The highest BCUT2D eigenvalue weighted by Crippen LogP contribution is 2.25. The van der Waals surface area contributed by atoms with E-state index in [0.717, 1.165) is 0 Å². The summed E-state index contributed by atoms with van der Waals surface area (Å²) in [5, 5.41) is 15.4. The molecule has 2 heterocycles. The largest absolute Gasteiger partial charge is 0.295 e. The maximum Gasteiger partial charge on any atom is 0.282 e. The molecule has 0 spiro atoms. The highest BCUT2D eigenvalue weighted by Gasteiger charge is 2.16. The van der Waals surface area contributed by atoms with Crippen molar-refractivity contribution in [1.29, 1.82) is 0 Å². The number of benzene rings is 1. The molecule has 0 atom stereocenters. The van der Waals surface area contributed by atoms with Crippen LogP contribution < -0.4 is 10.7 Å². The van der Waals surface area contributed by atoms with Gasteiger partial charge in [-0.15, -0.1) is 16.8 Å². The van der Waals surface area contributed by atoms with E-state index in [1.807, 2.05) is 0 Å². The van der Waals surface area contributed by atoms with Gasteiger partial charge in [-0.1, -0.05) is 40.8 Å². The van der Waals surface area contributed by atoms with Crippen LogP contribution >= 0.6 is 34.7 Å². The summed E-state index contributed by atoms with van der Waals surface area (Å²) >= 11 is 8.53. The van der Waals surface area contributed by atoms with Crippen molar-refractivity contribution in [2.45, 2.75) is 4.34 Å². The van der Waals surface area contributed by atoms with Gasteiger partial charge in [0, 0.05) is 23.0 Å². The molecular formula is C16H12ClN5O2S2. The number of aromatic nitrogens is 4. The van der Waals surface area contributed by atoms with Crippen LogP contribution in [-0.4, -0.2) is 31.6 Å². The van der Waals surface area contributed by atoms with E-state index in [1.54, 1.807) is 30.3 Å². The second-order valence-electron chi connectivity index (χ2n) is 4.88. The summed E-state index contributed by atoms with van der Waals surface area (Å²) in [6, 6.07) is 8.13. The summed E-state index contributed by atoms with van der Waals surface area (Å²) < 4.78 is 2.12. The van der Waals surface area contributed by atoms with E-state index in [-0.39, 0.29) is 5.69 Å². The van der Waals surface area contributed by atoms with Crippen LogP contribution in [-0.2, 0) is 0 Å². The first-order chi connectivity index (χ1) is 12.6. The summed E-state index contributed by atoms with van der Waals surface area (Å²) in [6.07, 6.45) is 3.23. The van der Waals surface area contributed by atoms with E-state index in [4.69, 9.17) is 11.6 Å². The monoisotopic (exact) mass is 405 g/mol. The van der Waals surface area contributed by atoms with Gasteiger partial charge in [-0.25, -0.2) is 4.68 Å². The molecule has 0 aliphatic heterocycles. The van der Waals surface area contributed by atoms with Crippen LogP contribution in [0.4, 0.5) is 5.13 Å². The maximum atomic E-state index is 12.4. The van der Waals surface area contributed by atoms with Crippen LogP contribution in [0.2, 0.25) is 5.02 Å². The van der Waals surface area contributed by atoms with Gasteiger partial charge in [-0.05, 0) is 24.3 Å². The molecule has 0 bridgehead atoms. The lowest BCUT2D eigenvalue weighted by Crippen LogP contribution is -2.25. The Kier molecular flexibility index (Phi) is 5.82. The molecule has 1 amide bonds. The van der Waals surface area contributed by atoms with Gasteiger partial charge in [0.25, 0.3) is 5.91 Å². The highest BCUT2D eigenvalue weighted by atomic mass is 35.5. The zero-order valence-corrected chi connectivity index (χ0v) is 15.6. The lowest BCUT2D eigenvalue weighted by molar-refractivity contribution is 0.101. The first kappa shape index (κ1) is 18.3. The smallest absolute Gasteiger partial charge is 0.282 e. The first-order valence-corrected chi connectivity index (χ1v) is 9.49. The van der Waals surface area contributed by atoms with Gasteiger partial charge in [0.2, 0.25) is 10.6 Å². The summed E-state index contributed by atoms with van der Waals surface area (Å²) in [5.74, 6) is 0.0453. The minimum absolute atomic E-state index is 0.238. The van der Waals surface area contributed by atoms with Gasteiger partial charge in [-0.3, -0.25) is 14.9 Å². The number of hydrogen-bond donors (Lipinski definition) is 1. The summed E-state index contributed by atoms with van der Waals surface area (Å²) in [5.41, 5.74) is -0.0566. The SMILES string of the molecule is C=CCSc1nnc(NC(=O)c2nn(-c3ccc(Cl)cc3)ccc2=O)s1. The standard InChI is InChI=1S/C16H12ClN5O2S2/c1-2-9-25-16-20-19-15(26-16)18-14(24)13-12(23)7-8-22(21-13)11-5-3-10(17)4-6-11/h2-8H,1,9H2,(H,18,19,24). The maximum absolute atomic E-state index is 12.4. The number of rotatable bonds is 6. The lowest BCUT2D eigenvalue weighted by Gasteiger charge is -2.07. The number of amides is 1. The Hall–Kier alpha value is -2.49. The van der Waals surface area contributed by atoms with Gasteiger partial charge in [0.05, 0.1) is 5.69 Å². The Morgan fingerprint density at radius 2 is 2.08 bits per heavy atom. The molecule has 1 N–H and O–H groups in total. The van der Waals surface area contributed by atoms with Gasteiger partial charge in [0.1, 0.15) is 0 Å². The van der Waals surface area contributed by atoms with Crippen molar-refractivity contribution in [3.05, 3.63) is 70.1 Å². The summed E-state index contributed by atoms with van der Waals surface area (Å²) in [6.45, 7) is 3.63. The normalized spacial score (nSPS) is 10.5. The third kappa shape index (κ3) is 4.37. The molecule has 0 saturated heterocycles. The number of carbonyl (C=O) groups is 1. The average molecular weight is 406 g/mol. The van der Waals surface area contributed by atoms with Crippen LogP contribution in [0, 0.1) is 0 Å². The molecular weight excluding hydrogens is 394 g/mol. The molecule has 7 nitrogen and oxygen atoms in total. The zero-order valence-electron chi connectivity index (χ0n) is 13.3. The predicted molar refractivity (Wildman–Crippen MR) is 104 cm³/mol. The molecule has 0 fully saturated rings. The minimum Gasteiger partial charge on any atom is -0.295 e. The van der Waals surface area contributed by atoms with E-state index >= 15 is 0 Å². The molecule has 2 aromatic heterocycles. The molecule has 10 heteroatoms. The Balaban J connectivity index is 1.81. The number of hydrogen-bond acceptors (Lipinski definition) is 7. The first-order valence-electron chi connectivity index (χ1n) is 7.31. The number of nitrogens with one attached hydrogen (secondary N) is 1. The molecule has 1 aromatic carbocycles. The number of thioether (sulfide) groups is 1. The minimum atomic E-state index is -0.644. The Labute approximate surface area is 161 Å². The van der Waals surface area contributed by atoms with E-state index in [9.17, 15) is 9.59 Å². The van der Waals surface area contributed by atoms with Crippen molar-refractivity contribution in [2.24, 2.45) is 0 Å². The van der Waals surface area contributed by atoms with E-state index in [1.165, 1.54) is 40.0 Å². The van der Waals surface area contributed by atoms with Crippen molar-refractivity contribution >= 4 is 45.7 Å². The third-order valence-corrected chi connectivity index (χ3v) is 5.29. The van der Waals surface area contributed by atoms with Gasteiger partial charge < -0.3 is 0 Å². The molecule has 0 aliphatic carbocycles. The molecule has 3 aromatic rings. The molecule has 0 unspecified atom stereocenters. The number of nitrogens with zero attached hydrogens (tertiary/aromatic N) is 4. The molecule has 0 aliphatic rings. The Morgan fingerprint density at radius 3 is 2.81 bits per heavy atom. The Morgan fingerprint density at radius 1 is 1.31 bits per heavy atom. The van der Waals surface area contributed by atoms with Crippen molar-refractivity contribution in [3.63, 3.8) is 0 Å². The Bertz CT molecular complexity index is 1000. The van der Waals surface area contributed by atoms with Crippen LogP contribution in [0.3, 0.4) is 0 Å². The second kappa shape index (κ2) is 8.26. The van der Waals surface area contributed by atoms with Crippen molar-refractivity contribution in [3.8, 4) is 5.69 Å². The number of halogens is 1. The van der Waals surface area contributed by atoms with E-state index in [2.05, 4.69) is 27.2 Å². The highest BCUT2D eigenvalue weighted by molar-refractivity contribution is 8.01. The van der Waals surface area contributed by atoms with Gasteiger partial charge >= 0.3 is 0 Å². The zero-order chi connectivity index (χ0) is 18.5. The molecule has 0 radical (unpaired) electrons. The van der Waals surface area contributed by atoms with Crippen molar-refractivity contribution in [1.82, 2.24) is 20.0 Å². The topological polar surface area (TPSA) is 89.8 Å². The predicted octanol–water partition coefficient (Wildman–Crippen LogP) is 3.27. The fourth-order valence-electron chi connectivity index (χ4n) is 1.91. The van der Waals surface area contributed by atoms with Crippen molar-refractivity contribution in [2.75, 3.05) is 11.1 Å². The van der Waals surface area contributed by atoms with Gasteiger partial charge in [0.15, 0.2) is 10.0 Å². The fraction of sp³-hybridized carbons (Fsp3) is 0.0625. The average Bonchev–Trinajstić information content (AvgIpc) is 3.08. The third-order valence-electron chi connectivity index (χ3n) is 3.07. The molecule has 3 rings (SSSR count). The number of anilines is 1. The van der Waals surface area contributed by atoms with Crippen LogP contribution in [0.15, 0.2) is 58.3 Å². The number of carbonyl (C=O) groups excluding carboxylic acids is 1. The van der Waals surface area contributed by atoms with Crippen LogP contribution in [0.25, 0.3) is 5.69 Å². The quantitative estimate of drug-likeness (QED) is 0.384. The van der Waals surface area contributed by atoms with E-state index in [0.29, 0.717) is 25.9 Å². The lowest BCUT2D eigenvalue weighted by atomic mass is 10.3. The summed E-state index contributed by atoms with van der Waals surface area (Å²) in [4.78, 5) is 24.4. The van der Waals surface area contributed by atoms with Crippen LogP contribution in [0.5, 0.6) is 0 Å². The molecule has 132 valence electrons. The van der Waals surface area contributed by atoms with Crippen LogP contribution in [0.1, 0.15) is 10.5 Å². The van der Waals surface area contributed by atoms with Crippen molar-refractivity contribution < 1.29 is 4.79 Å². The van der Waals surface area contributed by atoms with E-state index < -0.39 is 11.3 Å². The second-order valence-corrected chi connectivity index (χ2v) is 7.56. The molecule has 0 saturated carbocycles. The molecule has 26 heavy (non-hydrogen) atoms. The fourth-order valence-corrected chi connectivity index (χ4v) is 3.54. The summed E-state index contributed by atoms with van der Waals surface area (Å²) in [7, 11) is 0. The van der Waals surface area contributed by atoms with Gasteiger partial charge in [-0.2, -0.15) is 5.10 Å².